The number of amides is 1. The van der Waals surface area contributed by atoms with Crippen LogP contribution in [0, 0.1) is 0 Å². The molecule has 0 aliphatic carbocycles. The summed E-state index contributed by atoms with van der Waals surface area (Å²) >= 11 is 3.34. The first-order valence-electron chi connectivity index (χ1n) is 8.96. The lowest BCUT2D eigenvalue weighted by Gasteiger charge is -2.25. The van der Waals surface area contributed by atoms with Gasteiger partial charge in [0.2, 0.25) is 0 Å². The van der Waals surface area contributed by atoms with Crippen molar-refractivity contribution in [1.82, 2.24) is 19.4 Å². The zero-order chi connectivity index (χ0) is 19.7. The average Bonchev–Trinajstić information content (AvgIpc) is 3.17. The molecule has 2 aromatic carbocycles. The molecule has 0 aliphatic heterocycles. The predicted molar refractivity (Wildman–Crippen MR) is 114 cm³/mol. The number of hydrogen-bond donors (Lipinski definition) is 0. The number of nitrogens with zero attached hydrogens (tertiary/aromatic N) is 4. The van der Waals surface area contributed by atoms with Crippen molar-refractivity contribution < 1.29 is 4.79 Å². The van der Waals surface area contributed by atoms with Gasteiger partial charge in [-0.2, -0.15) is 0 Å². The summed E-state index contributed by atoms with van der Waals surface area (Å²) in [5.41, 5.74) is 4.55. The van der Waals surface area contributed by atoms with E-state index in [4.69, 9.17) is 0 Å². The van der Waals surface area contributed by atoms with Gasteiger partial charge in [0.25, 0.3) is 5.91 Å². The highest BCUT2D eigenvalue weighted by Gasteiger charge is 2.20. The molecule has 0 radical (unpaired) electrons. The van der Waals surface area contributed by atoms with Crippen LogP contribution in [-0.4, -0.2) is 32.4 Å². The Morgan fingerprint density at radius 3 is 2.50 bits per heavy atom. The zero-order valence-corrected chi connectivity index (χ0v) is 17.2. The van der Waals surface area contributed by atoms with Crippen molar-refractivity contribution >= 4 is 32.9 Å². The number of carbonyl (C=O) groups is 1. The summed E-state index contributed by atoms with van der Waals surface area (Å²) in [6, 6.07) is 19.7. The number of rotatable bonds is 4. The summed E-state index contributed by atoms with van der Waals surface area (Å²) in [7, 11) is 1.80. The van der Waals surface area contributed by atoms with E-state index in [-0.39, 0.29) is 11.9 Å². The van der Waals surface area contributed by atoms with Gasteiger partial charge in [0, 0.05) is 23.4 Å². The van der Waals surface area contributed by atoms with Crippen LogP contribution in [-0.2, 0) is 0 Å². The van der Waals surface area contributed by atoms with Gasteiger partial charge in [0.1, 0.15) is 12.0 Å². The van der Waals surface area contributed by atoms with Crippen LogP contribution < -0.4 is 0 Å². The molecule has 140 valence electrons. The van der Waals surface area contributed by atoms with Gasteiger partial charge in [-0.3, -0.25) is 9.36 Å². The minimum atomic E-state index is -0.107. The number of fused-ring (bicyclic) bond motifs is 1. The summed E-state index contributed by atoms with van der Waals surface area (Å²) < 4.78 is 2.91. The normalized spacial score (nSPS) is 12.1. The van der Waals surface area contributed by atoms with Crippen LogP contribution in [0.3, 0.4) is 0 Å². The maximum Gasteiger partial charge on any atom is 0.272 e. The molecule has 5 nitrogen and oxygen atoms in total. The van der Waals surface area contributed by atoms with Gasteiger partial charge in [-0.25, -0.2) is 9.97 Å². The second kappa shape index (κ2) is 7.56. The molecule has 0 saturated heterocycles. The molecule has 0 spiro atoms. The van der Waals surface area contributed by atoms with E-state index in [1.54, 1.807) is 24.2 Å². The highest BCUT2D eigenvalue weighted by molar-refractivity contribution is 9.10. The summed E-state index contributed by atoms with van der Waals surface area (Å²) in [5, 5.41) is 0. The van der Waals surface area contributed by atoms with Crippen molar-refractivity contribution in [3.63, 3.8) is 0 Å². The molecule has 6 heteroatoms. The molecule has 4 aromatic rings. The molecular formula is C22H19BrN4O. The van der Waals surface area contributed by atoms with Gasteiger partial charge in [-0.1, -0.05) is 24.3 Å². The van der Waals surface area contributed by atoms with Crippen molar-refractivity contribution in [1.29, 1.82) is 0 Å². The first-order valence-corrected chi connectivity index (χ1v) is 9.75. The Bertz CT molecular complexity index is 1120. The van der Waals surface area contributed by atoms with Crippen LogP contribution in [0.25, 0.3) is 16.7 Å². The number of hydrogen-bond acceptors (Lipinski definition) is 3. The number of aromatic nitrogens is 3. The van der Waals surface area contributed by atoms with Crippen LogP contribution >= 0.6 is 15.9 Å². The highest BCUT2D eigenvalue weighted by Crippen LogP contribution is 2.24. The third-order valence-electron chi connectivity index (χ3n) is 4.96. The van der Waals surface area contributed by atoms with E-state index in [0.717, 1.165) is 26.8 Å². The molecule has 1 unspecified atom stereocenters. The first kappa shape index (κ1) is 18.4. The number of halogens is 1. The van der Waals surface area contributed by atoms with Gasteiger partial charge in [0.15, 0.2) is 0 Å². The Morgan fingerprint density at radius 1 is 1.04 bits per heavy atom. The molecule has 0 aliphatic rings. The molecule has 1 atom stereocenters. The van der Waals surface area contributed by atoms with Crippen LogP contribution in [0.15, 0.2) is 77.7 Å². The van der Waals surface area contributed by atoms with Crippen molar-refractivity contribution in [3.8, 4) is 5.69 Å². The number of para-hydroxylation sites is 2. The maximum atomic E-state index is 12.7. The van der Waals surface area contributed by atoms with Gasteiger partial charge in [0.05, 0.1) is 17.1 Å². The minimum Gasteiger partial charge on any atom is -0.334 e. The van der Waals surface area contributed by atoms with Gasteiger partial charge in [-0.15, -0.1) is 0 Å². The maximum absolute atomic E-state index is 12.7. The average molecular weight is 435 g/mol. The molecule has 4 rings (SSSR count). The Morgan fingerprint density at radius 2 is 1.79 bits per heavy atom. The third-order valence-corrected chi connectivity index (χ3v) is 5.42. The molecule has 2 aromatic heterocycles. The Kier molecular flexibility index (Phi) is 4.96. The standard InChI is InChI=1S/C22H19BrN4O/c1-15(26(2)22(28)20-12-9-17(23)13-24-20)16-7-10-18(11-8-16)27-14-25-19-5-3-4-6-21(19)27/h3-15H,1-2H3. The Hall–Kier alpha value is -2.99. The second-order valence-electron chi connectivity index (χ2n) is 6.65. The van der Waals surface area contributed by atoms with Crippen LogP contribution in [0.5, 0.6) is 0 Å². The van der Waals surface area contributed by atoms with Crippen molar-refractivity contribution in [2.75, 3.05) is 7.05 Å². The summed E-state index contributed by atoms with van der Waals surface area (Å²) in [6.07, 6.45) is 3.47. The largest absolute Gasteiger partial charge is 0.334 e. The lowest BCUT2D eigenvalue weighted by atomic mass is 10.1. The smallest absolute Gasteiger partial charge is 0.272 e. The molecule has 1 amide bonds. The zero-order valence-electron chi connectivity index (χ0n) is 15.6. The number of benzene rings is 2. The van der Waals surface area contributed by atoms with E-state index in [0.29, 0.717) is 5.69 Å². The quantitative estimate of drug-likeness (QED) is 0.453. The number of imidazole rings is 1. The molecular weight excluding hydrogens is 416 g/mol. The monoisotopic (exact) mass is 434 g/mol. The fourth-order valence-corrected chi connectivity index (χ4v) is 3.40. The number of pyridine rings is 1. The lowest BCUT2D eigenvalue weighted by molar-refractivity contribution is 0.0736. The van der Waals surface area contributed by atoms with E-state index in [1.165, 1.54) is 0 Å². The van der Waals surface area contributed by atoms with E-state index >= 15 is 0 Å². The summed E-state index contributed by atoms with van der Waals surface area (Å²) in [6.45, 7) is 2.01. The second-order valence-corrected chi connectivity index (χ2v) is 7.56. The molecule has 0 N–H and O–H groups in total. The van der Waals surface area contributed by atoms with E-state index in [2.05, 4.69) is 48.7 Å². The van der Waals surface area contributed by atoms with E-state index < -0.39 is 0 Å². The molecule has 0 saturated carbocycles. The van der Waals surface area contributed by atoms with E-state index in [1.807, 2.05) is 49.6 Å². The van der Waals surface area contributed by atoms with Crippen LogP contribution in [0.4, 0.5) is 0 Å². The fourth-order valence-electron chi connectivity index (χ4n) is 3.16. The van der Waals surface area contributed by atoms with Crippen molar-refractivity contribution in [2.24, 2.45) is 0 Å². The van der Waals surface area contributed by atoms with Crippen molar-refractivity contribution in [2.45, 2.75) is 13.0 Å². The van der Waals surface area contributed by atoms with Crippen LogP contribution in [0.1, 0.15) is 29.0 Å². The Balaban J connectivity index is 1.56. The SMILES string of the molecule is CC(c1ccc(-n2cnc3ccccc32)cc1)N(C)C(=O)c1ccc(Br)cn1. The van der Waals surface area contributed by atoms with Gasteiger partial charge in [-0.05, 0) is 64.8 Å². The van der Waals surface area contributed by atoms with Crippen molar-refractivity contribution in [3.05, 3.63) is 88.9 Å². The van der Waals surface area contributed by atoms with Gasteiger partial charge >= 0.3 is 0 Å². The minimum absolute atomic E-state index is 0.0773. The first-order chi connectivity index (χ1) is 13.5. The van der Waals surface area contributed by atoms with Crippen LogP contribution in [0.2, 0.25) is 0 Å². The molecule has 0 fully saturated rings. The summed E-state index contributed by atoms with van der Waals surface area (Å²) in [5.74, 6) is -0.107. The topological polar surface area (TPSA) is 51.0 Å². The highest BCUT2D eigenvalue weighted by atomic mass is 79.9. The van der Waals surface area contributed by atoms with Gasteiger partial charge < -0.3 is 4.90 Å². The number of carbonyl (C=O) groups excluding carboxylic acids is 1. The molecule has 2 heterocycles. The third kappa shape index (κ3) is 3.43. The fraction of sp³-hybridized carbons (Fsp3) is 0.136. The molecule has 28 heavy (non-hydrogen) atoms. The predicted octanol–water partition coefficient (Wildman–Crippen LogP) is 5.02. The Labute approximate surface area is 171 Å². The lowest BCUT2D eigenvalue weighted by Crippen LogP contribution is -2.30. The van der Waals surface area contributed by atoms with E-state index in [9.17, 15) is 4.79 Å². The molecule has 0 bridgehead atoms. The summed E-state index contributed by atoms with van der Waals surface area (Å²) in [4.78, 5) is 23.1.